The largest absolute Gasteiger partial charge is 0.208 e. The van der Waals surface area contributed by atoms with Crippen LogP contribution in [-0.2, 0) is 0 Å². The SMILES string of the molecule is Cc1ccccc1-c1ccc(-c2ccc(-c3nc(-c4ccccc4)nc(-c4ccc5c(c4)sc4ccccc45)n3)cc2)cc1C. The minimum absolute atomic E-state index is 0.660. The van der Waals surface area contributed by atoms with E-state index in [1.54, 1.807) is 11.3 Å². The van der Waals surface area contributed by atoms with Crippen LogP contribution in [0.5, 0.6) is 0 Å². The van der Waals surface area contributed by atoms with Gasteiger partial charge in [0, 0.05) is 36.9 Å². The average molecular weight is 596 g/mol. The predicted molar refractivity (Wildman–Crippen MR) is 189 cm³/mol. The van der Waals surface area contributed by atoms with Crippen molar-refractivity contribution in [1.29, 1.82) is 0 Å². The summed E-state index contributed by atoms with van der Waals surface area (Å²) in [7, 11) is 0. The number of thiophene rings is 1. The van der Waals surface area contributed by atoms with E-state index in [4.69, 9.17) is 15.0 Å². The second-order valence-electron chi connectivity index (χ2n) is 11.4. The van der Waals surface area contributed by atoms with E-state index >= 15 is 0 Å². The molecule has 0 unspecified atom stereocenters. The van der Waals surface area contributed by atoms with Gasteiger partial charge in [-0.1, -0.05) is 127 Å². The highest BCUT2D eigenvalue weighted by Gasteiger charge is 2.14. The van der Waals surface area contributed by atoms with Crippen LogP contribution in [0.1, 0.15) is 11.1 Å². The fourth-order valence-corrected chi connectivity index (χ4v) is 7.19. The first-order valence-corrected chi connectivity index (χ1v) is 15.9. The van der Waals surface area contributed by atoms with Gasteiger partial charge in [-0.25, -0.2) is 15.0 Å². The molecule has 2 heterocycles. The van der Waals surface area contributed by atoms with E-state index in [-0.39, 0.29) is 0 Å². The van der Waals surface area contributed by atoms with Gasteiger partial charge in [-0.2, -0.15) is 0 Å². The zero-order chi connectivity index (χ0) is 30.3. The van der Waals surface area contributed by atoms with Crippen LogP contribution in [-0.4, -0.2) is 15.0 Å². The third-order valence-corrected chi connectivity index (χ3v) is 9.58. The Bertz CT molecular complexity index is 2340. The molecule has 8 aromatic rings. The van der Waals surface area contributed by atoms with E-state index < -0.39 is 0 Å². The summed E-state index contributed by atoms with van der Waals surface area (Å²) >= 11 is 1.80. The Morgan fingerprint density at radius 3 is 1.69 bits per heavy atom. The summed E-state index contributed by atoms with van der Waals surface area (Å²) in [4.78, 5) is 14.9. The Labute approximate surface area is 266 Å². The molecule has 6 aromatic carbocycles. The summed E-state index contributed by atoms with van der Waals surface area (Å²) in [6.07, 6.45) is 0. The molecule has 0 radical (unpaired) electrons. The van der Waals surface area contributed by atoms with Crippen molar-refractivity contribution < 1.29 is 0 Å². The molecule has 0 aliphatic rings. The van der Waals surface area contributed by atoms with Gasteiger partial charge in [0.2, 0.25) is 0 Å². The van der Waals surface area contributed by atoms with Crippen molar-refractivity contribution in [3.05, 3.63) is 151 Å². The lowest BCUT2D eigenvalue weighted by Crippen LogP contribution is -2.00. The molecule has 0 amide bonds. The van der Waals surface area contributed by atoms with Gasteiger partial charge >= 0.3 is 0 Å². The first-order valence-electron chi connectivity index (χ1n) is 15.1. The summed E-state index contributed by atoms with van der Waals surface area (Å²) in [5.41, 5.74) is 10.3. The monoisotopic (exact) mass is 595 g/mol. The standard InChI is InChI=1S/C41H29N3S/c1-26-10-6-7-13-33(26)34-22-20-31(24-27(34)2)28-16-18-30(19-17-28)40-42-39(29-11-4-3-5-12-29)43-41(44-40)32-21-23-36-35-14-8-9-15-37(35)45-38(36)25-32/h3-25H,1-2H3. The van der Waals surface area contributed by atoms with Gasteiger partial charge in [-0.15, -0.1) is 11.3 Å². The van der Waals surface area contributed by atoms with Crippen molar-refractivity contribution >= 4 is 31.5 Å². The molecule has 8 rings (SSSR count). The number of fused-ring (bicyclic) bond motifs is 3. The topological polar surface area (TPSA) is 38.7 Å². The molecule has 2 aromatic heterocycles. The fraction of sp³-hybridized carbons (Fsp3) is 0.0488. The third-order valence-electron chi connectivity index (χ3n) is 8.44. The summed E-state index contributed by atoms with van der Waals surface area (Å²) in [5.74, 6) is 2.00. The molecule has 0 saturated carbocycles. The molecular weight excluding hydrogens is 567 g/mol. The van der Waals surface area contributed by atoms with Crippen molar-refractivity contribution in [3.63, 3.8) is 0 Å². The van der Waals surface area contributed by atoms with Crippen LogP contribution in [0.2, 0.25) is 0 Å². The summed E-state index contributed by atoms with van der Waals surface area (Å²) in [6.45, 7) is 4.35. The van der Waals surface area contributed by atoms with E-state index in [2.05, 4.69) is 123 Å². The van der Waals surface area contributed by atoms with Crippen LogP contribution in [0.15, 0.2) is 140 Å². The maximum atomic E-state index is 5.01. The molecule has 0 aliphatic carbocycles. The van der Waals surface area contributed by atoms with E-state index in [0.717, 1.165) is 22.3 Å². The van der Waals surface area contributed by atoms with Crippen LogP contribution in [0.3, 0.4) is 0 Å². The number of nitrogens with zero attached hydrogens (tertiary/aromatic N) is 3. The maximum Gasteiger partial charge on any atom is 0.164 e. The van der Waals surface area contributed by atoms with Crippen LogP contribution in [0.4, 0.5) is 0 Å². The van der Waals surface area contributed by atoms with Gasteiger partial charge in [-0.3, -0.25) is 0 Å². The second kappa shape index (κ2) is 11.2. The molecule has 0 atom stereocenters. The lowest BCUT2D eigenvalue weighted by molar-refractivity contribution is 1.07. The average Bonchev–Trinajstić information content (AvgIpc) is 3.47. The van der Waals surface area contributed by atoms with Crippen molar-refractivity contribution in [1.82, 2.24) is 15.0 Å². The second-order valence-corrected chi connectivity index (χ2v) is 12.5. The van der Waals surface area contributed by atoms with Gasteiger partial charge in [0.25, 0.3) is 0 Å². The van der Waals surface area contributed by atoms with Crippen molar-refractivity contribution in [3.8, 4) is 56.4 Å². The van der Waals surface area contributed by atoms with Gasteiger partial charge in [-0.05, 0) is 59.4 Å². The molecule has 0 bridgehead atoms. The summed E-state index contributed by atoms with van der Waals surface area (Å²) < 4.78 is 2.51. The van der Waals surface area contributed by atoms with Crippen LogP contribution in [0, 0.1) is 13.8 Å². The van der Waals surface area contributed by atoms with Crippen LogP contribution >= 0.6 is 11.3 Å². The smallest absolute Gasteiger partial charge is 0.164 e. The molecule has 214 valence electrons. The Balaban J connectivity index is 1.18. The molecule has 0 spiro atoms. The quantitative estimate of drug-likeness (QED) is 0.199. The Hall–Kier alpha value is -5.45. The zero-order valence-electron chi connectivity index (χ0n) is 25.0. The number of rotatable bonds is 5. The third kappa shape index (κ3) is 5.09. The van der Waals surface area contributed by atoms with E-state index in [0.29, 0.717) is 17.5 Å². The predicted octanol–water partition coefficient (Wildman–Crippen LogP) is 11.2. The fourth-order valence-electron chi connectivity index (χ4n) is 6.05. The number of hydrogen-bond donors (Lipinski definition) is 0. The summed E-state index contributed by atoms with van der Waals surface area (Å²) in [6, 6.07) is 49.0. The molecular formula is C41H29N3S. The van der Waals surface area contributed by atoms with Gasteiger partial charge < -0.3 is 0 Å². The van der Waals surface area contributed by atoms with Crippen LogP contribution in [0.25, 0.3) is 76.6 Å². The normalized spacial score (nSPS) is 11.3. The zero-order valence-corrected chi connectivity index (χ0v) is 25.8. The molecule has 4 heteroatoms. The van der Waals surface area contributed by atoms with Gasteiger partial charge in [0.05, 0.1) is 0 Å². The maximum absolute atomic E-state index is 5.01. The van der Waals surface area contributed by atoms with Gasteiger partial charge in [0.15, 0.2) is 17.5 Å². The number of benzene rings is 6. The van der Waals surface area contributed by atoms with Crippen LogP contribution < -0.4 is 0 Å². The van der Waals surface area contributed by atoms with Gasteiger partial charge in [0.1, 0.15) is 0 Å². The minimum Gasteiger partial charge on any atom is -0.208 e. The Morgan fingerprint density at radius 2 is 0.933 bits per heavy atom. The highest BCUT2D eigenvalue weighted by molar-refractivity contribution is 7.25. The highest BCUT2D eigenvalue weighted by Crippen LogP contribution is 2.36. The highest BCUT2D eigenvalue weighted by atomic mass is 32.1. The molecule has 0 fully saturated rings. The molecule has 0 aliphatic heterocycles. The number of aryl methyl sites for hydroxylation is 2. The number of aromatic nitrogens is 3. The summed E-state index contributed by atoms with van der Waals surface area (Å²) in [5, 5.41) is 2.54. The molecule has 45 heavy (non-hydrogen) atoms. The lowest BCUT2D eigenvalue weighted by atomic mass is 9.93. The first kappa shape index (κ1) is 27.1. The van der Waals surface area contributed by atoms with E-state index in [1.807, 2.05) is 30.3 Å². The van der Waals surface area contributed by atoms with E-state index in [9.17, 15) is 0 Å². The molecule has 0 saturated heterocycles. The molecule has 0 N–H and O–H groups in total. The lowest BCUT2D eigenvalue weighted by Gasteiger charge is -2.12. The van der Waals surface area contributed by atoms with Crippen molar-refractivity contribution in [2.75, 3.05) is 0 Å². The Morgan fingerprint density at radius 1 is 0.378 bits per heavy atom. The Kier molecular flexibility index (Phi) is 6.77. The van der Waals surface area contributed by atoms with Crippen molar-refractivity contribution in [2.45, 2.75) is 13.8 Å². The van der Waals surface area contributed by atoms with E-state index in [1.165, 1.54) is 48.0 Å². The first-order chi connectivity index (χ1) is 22.1. The van der Waals surface area contributed by atoms with Crippen molar-refractivity contribution in [2.24, 2.45) is 0 Å². The molecule has 3 nitrogen and oxygen atoms in total. The minimum atomic E-state index is 0.660. The number of hydrogen-bond acceptors (Lipinski definition) is 4.